The summed E-state index contributed by atoms with van der Waals surface area (Å²) in [6.07, 6.45) is -4.74. The summed E-state index contributed by atoms with van der Waals surface area (Å²) in [5.74, 6) is -1.07. The topological polar surface area (TPSA) is 64.0 Å². The van der Waals surface area contributed by atoms with Gasteiger partial charge in [-0.2, -0.15) is 17.8 Å². The van der Waals surface area contributed by atoms with Gasteiger partial charge in [0, 0.05) is 10.6 Å². The molecule has 0 fully saturated rings. The molecule has 0 atom stereocenters. The predicted molar refractivity (Wildman–Crippen MR) is 112 cm³/mol. The van der Waals surface area contributed by atoms with Gasteiger partial charge in [-0.15, -0.1) is 0 Å². The second kappa shape index (κ2) is 7.88. The number of aromatic nitrogens is 2. The van der Waals surface area contributed by atoms with Crippen LogP contribution in [0.15, 0.2) is 77.6 Å². The van der Waals surface area contributed by atoms with E-state index in [0.717, 1.165) is 16.8 Å². The molecule has 1 heterocycles. The Kier molecular flexibility index (Phi) is 5.24. The molecular formula is C22H13ClF3N3O2. The van der Waals surface area contributed by atoms with Crippen molar-refractivity contribution in [1.29, 1.82) is 0 Å². The zero-order valence-corrected chi connectivity index (χ0v) is 16.4. The molecule has 0 saturated carbocycles. The van der Waals surface area contributed by atoms with Crippen molar-refractivity contribution < 1.29 is 18.0 Å². The van der Waals surface area contributed by atoms with Gasteiger partial charge in [-0.05, 0) is 36.4 Å². The van der Waals surface area contributed by atoms with Crippen LogP contribution in [0.2, 0.25) is 5.02 Å². The van der Waals surface area contributed by atoms with E-state index < -0.39 is 28.8 Å². The van der Waals surface area contributed by atoms with E-state index in [9.17, 15) is 22.8 Å². The maximum absolute atomic E-state index is 13.3. The summed E-state index contributed by atoms with van der Waals surface area (Å²) in [6.45, 7) is 0. The number of nitrogens with zero attached hydrogens (tertiary/aromatic N) is 2. The van der Waals surface area contributed by atoms with E-state index in [2.05, 4.69) is 10.4 Å². The summed E-state index contributed by atoms with van der Waals surface area (Å²) in [4.78, 5) is 30.3. The van der Waals surface area contributed by atoms with E-state index in [0.29, 0.717) is 16.1 Å². The Morgan fingerprint density at radius 2 is 1.68 bits per heavy atom. The summed E-state index contributed by atoms with van der Waals surface area (Å²) in [6, 6.07) is 17.2. The van der Waals surface area contributed by atoms with Gasteiger partial charge >= 0.3 is 6.18 Å². The van der Waals surface area contributed by atoms with Crippen molar-refractivity contribution in [2.24, 2.45) is 0 Å². The average Bonchev–Trinajstić information content (AvgIpc) is 2.75. The smallest absolute Gasteiger partial charge is 0.267 e. The van der Waals surface area contributed by atoms with Crippen molar-refractivity contribution >= 4 is 28.4 Å². The Morgan fingerprint density at radius 1 is 0.968 bits per heavy atom. The van der Waals surface area contributed by atoms with Crippen LogP contribution in [-0.2, 0) is 6.18 Å². The molecule has 0 aliphatic carbocycles. The van der Waals surface area contributed by atoms with Gasteiger partial charge in [0.1, 0.15) is 0 Å². The minimum Gasteiger partial charge on any atom is -0.267 e. The lowest BCUT2D eigenvalue weighted by atomic mass is 10.1. The number of nitrogens with one attached hydrogen (secondary N) is 1. The van der Waals surface area contributed by atoms with Crippen LogP contribution < -0.4 is 11.0 Å². The molecular weight excluding hydrogens is 431 g/mol. The summed E-state index contributed by atoms with van der Waals surface area (Å²) >= 11 is 6.05. The highest BCUT2D eigenvalue weighted by Gasteiger charge is 2.35. The molecule has 1 N–H and O–H groups in total. The van der Waals surface area contributed by atoms with E-state index in [1.807, 2.05) is 0 Å². The lowest BCUT2D eigenvalue weighted by Gasteiger charge is -2.17. The highest BCUT2D eigenvalue weighted by atomic mass is 35.5. The van der Waals surface area contributed by atoms with E-state index in [-0.39, 0.29) is 11.2 Å². The summed E-state index contributed by atoms with van der Waals surface area (Å²) in [5, 5.41) is 0.554. The van der Waals surface area contributed by atoms with Gasteiger partial charge in [0.2, 0.25) is 0 Å². The first-order valence-electron chi connectivity index (χ1n) is 9.01. The Hall–Kier alpha value is -3.65. The molecule has 0 aliphatic heterocycles. The fourth-order valence-electron chi connectivity index (χ4n) is 3.15. The van der Waals surface area contributed by atoms with Crippen LogP contribution in [-0.4, -0.2) is 15.6 Å². The predicted octanol–water partition coefficient (Wildman–Crippen LogP) is 5.12. The number of benzene rings is 3. The molecule has 1 aromatic heterocycles. The maximum atomic E-state index is 13.3. The number of amides is 1. The average molecular weight is 444 g/mol. The van der Waals surface area contributed by atoms with Gasteiger partial charge in [-0.3, -0.25) is 15.0 Å². The maximum Gasteiger partial charge on any atom is 0.417 e. The fourth-order valence-corrected chi connectivity index (χ4v) is 3.34. The van der Waals surface area contributed by atoms with Crippen LogP contribution in [0.3, 0.4) is 0 Å². The zero-order valence-electron chi connectivity index (χ0n) is 15.7. The van der Waals surface area contributed by atoms with E-state index in [1.165, 1.54) is 24.3 Å². The number of fused-ring (bicyclic) bond motifs is 1. The first-order chi connectivity index (χ1) is 14.8. The first kappa shape index (κ1) is 20.6. The molecule has 0 saturated heterocycles. The standard InChI is InChI=1S/C22H13ClF3N3O2/c23-14-7-5-6-13(12-14)19-27-18-11-4-2-9-16(18)21(31)29(19)28-20(30)15-8-1-3-10-17(15)22(24,25)26/h1-12H,(H,28,30). The highest BCUT2D eigenvalue weighted by Crippen LogP contribution is 2.32. The molecule has 4 aromatic rings. The third-order valence-corrected chi connectivity index (χ3v) is 4.78. The van der Waals surface area contributed by atoms with Gasteiger partial charge in [-0.25, -0.2) is 4.98 Å². The van der Waals surface area contributed by atoms with Crippen molar-refractivity contribution in [3.63, 3.8) is 0 Å². The van der Waals surface area contributed by atoms with Crippen molar-refractivity contribution in [2.75, 3.05) is 5.43 Å². The number of carbonyl (C=O) groups is 1. The van der Waals surface area contributed by atoms with Crippen molar-refractivity contribution in [2.45, 2.75) is 6.18 Å². The SMILES string of the molecule is O=C(Nn1c(-c2cccc(Cl)c2)nc2ccccc2c1=O)c1ccccc1C(F)(F)F. The molecule has 1 amide bonds. The number of rotatable bonds is 3. The second-order valence-electron chi connectivity index (χ2n) is 6.59. The number of carbonyl (C=O) groups excluding carboxylic acids is 1. The van der Waals surface area contributed by atoms with E-state index in [4.69, 9.17) is 11.6 Å². The number of para-hydroxylation sites is 1. The van der Waals surface area contributed by atoms with Gasteiger partial charge < -0.3 is 0 Å². The van der Waals surface area contributed by atoms with Crippen molar-refractivity contribution in [1.82, 2.24) is 9.66 Å². The molecule has 31 heavy (non-hydrogen) atoms. The van der Waals surface area contributed by atoms with Crippen LogP contribution in [0.1, 0.15) is 15.9 Å². The van der Waals surface area contributed by atoms with E-state index in [1.54, 1.807) is 36.4 Å². The van der Waals surface area contributed by atoms with E-state index >= 15 is 0 Å². The molecule has 0 spiro atoms. The van der Waals surface area contributed by atoms with Gasteiger partial charge in [0.25, 0.3) is 11.5 Å². The molecule has 156 valence electrons. The summed E-state index contributed by atoms with van der Waals surface area (Å²) < 4.78 is 40.9. The Labute approximate surface area is 178 Å². The Balaban J connectivity index is 1.90. The highest BCUT2D eigenvalue weighted by molar-refractivity contribution is 6.30. The molecule has 0 unspecified atom stereocenters. The normalized spacial score (nSPS) is 11.5. The molecule has 0 aliphatic rings. The number of hydrogen-bond acceptors (Lipinski definition) is 3. The number of hydrogen-bond donors (Lipinski definition) is 1. The zero-order chi connectivity index (χ0) is 22.2. The lowest BCUT2D eigenvalue weighted by molar-refractivity contribution is -0.137. The van der Waals surface area contributed by atoms with Gasteiger partial charge in [-0.1, -0.05) is 48.0 Å². The van der Waals surface area contributed by atoms with Crippen LogP contribution in [0.25, 0.3) is 22.3 Å². The van der Waals surface area contributed by atoms with Crippen molar-refractivity contribution in [3.8, 4) is 11.4 Å². The third kappa shape index (κ3) is 4.02. The molecule has 5 nitrogen and oxygen atoms in total. The minimum absolute atomic E-state index is 0.0315. The summed E-state index contributed by atoms with van der Waals surface area (Å²) in [5.41, 5.74) is 0.673. The molecule has 0 radical (unpaired) electrons. The second-order valence-corrected chi connectivity index (χ2v) is 7.02. The number of alkyl halides is 3. The lowest BCUT2D eigenvalue weighted by Crippen LogP contribution is -2.36. The van der Waals surface area contributed by atoms with Crippen LogP contribution in [0.4, 0.5) is 13.2 Å². The van der Waals surface area contributed by atoms with Gasteiger partial charge in [0.15, 0.2) is 5.82 Å². The Bertz CT molecular complexity index is 1370. The molecule has 0 bridgehead atoms. The third-order valence-electron chi connectivity index (χ3n) is 4.55. The first-order valence-corrected chi connectivity index (χ1v) is 9.39. The molecule has 3 aromatic carbocycles. The minimum atomic E-state index is -4.74. The molecule has 9 heteroatoms. The van der Waals surface area contributed by atoms with Crippen LogP contribution in [0.5, 0.6) is 0 Å². The fraction of sp³-hybridized carbons (Fsp3) is 0.0455. The number of halogens is 4. The quantitative estimate of drug-likeness (QED) is 0.478. The summed E-state index contributed by atoms with van der Waals surface area (Å²) in [7, 11) is 0. The van der Waals surface area contributed by atoms with Gasteiger partial charge in [0.05, 0.1) is 22.0 Å². The Morgan fingerprint density at radius 3 is 2.42 bits per heavy atom. The molecule has 4 rings (SSSR count). The largest absolute Gasteiger partial charge is 0.417 e. The monoisotopic (exact) mass is 443 g/mol. The van der Waals surface area contributed by atoms with Crippen LogP contribution >= 0.6 is 11.6 Å². The van der Waals surface area contributed by atoms with Crippen molar-refractivity contribution in [3.05, 3.63) is 99.3 Å². The van der Waals surface area contributed by atoms with Crippen LogP contribution in [0, 0.1) is 0 Å².